The monoisotopic (exact) mass is 367 g/mol. The molecule has 3 rings (SSSR count). The fourth-order valence-electron chi connectivity index (χ4n) is 2.21. The zero-order chi connectivity index (χ0) is 18.4. The SMILES string of the molecule is N#CCc1ccc(NC(=O)CSc2n[nH]c(-c3ccccc3F)n2)cc1. The summed E-state index contributed by atoms with van der Waals surface area (Å²) >= 11 is 1.15. The molecule has 0 fully saturated rings. The number of amides is 1. The Hall–Kier alpha value is -3.18. The molecule has 1 aromatic heterocycles. The van der Waals surface area contributed by atoms with Crippen molar-refractivity contribution >= 4 is 23.4 Å². The van der Waals surface area contributed by atoms with E-state index >= 15 is 0 Å². The first-order valence-corrected chi connectivity index (χ1v) is 8.70. The van der Waals surface area contributed by atoms with Crippen LogP contribution >= 0.6 is 11.8 Å². The Kier molecular flexibility index (Phi) is 5.61. The summed E-state index contributed by atoms with van der Waals surface area (Å²) in [7, 11) is 0. The molecule has 6 nitrogen and oxygen atoms in total. The van der Waals surface area contributed by atoms with Crippen molar-refractivity contribution in [3.63, 3.8) is 0 Å². The van der Waals surface area contributed by atoms with Crippen LogP contribution in [0.1, 0.15) is 5.56 Å². The van der Waals surface area contributed by atoms with Gasteiger partial charge in [0, 0.05) is 5.69 Å². The van der Waals surface area contributed by atoms with Crippen molar-refractivity contribution in [3.8, 4) is 17.5 Å². The van der Waals surface area contributed by atoms with Crippen LogP contribution in [0.25, 0.3) is 11.4 Å². The lowest BCUT2D eigenvalue weighted by molar-refractivity contribution is -0.113. The second-order valence-electron chi connectivity index (χ2n) is 5.32. The number of carbonyl (C=O) groups excluding carboxylic acids is 1. The lowest BCUT2D eigenvalue weighted by Crippen LogP contribution is -2.14. The molecule has 0 unspecified atom stereocenters. The fourth-order valence-corrected chi connectivity index (χ4v) is 2.81. The van der Waals surface area contributed by atoms with Gasteiger partial charge in [0.15, 0.2) is 5.82 Å². The first-order valence-electron chi connectivity index (χ1n) is 7.71. The number of nitriles is 1. The number of H-pyrrole nitrogens is 1. The highest BCUT2D eigenvalue weighted by Crippen LogP contribution is 2.21. The number of nitrogens with one attached hydrogen (secondary N) is 2. The molecule has 130 valence electrons. The average molecular weight is 367 g/mol. The van der Waals surface area contributed by atoms with Crippen LogP contribution in [0.5, 0.6) is 0 Å². The number of thioether (sulfide) groups is 1. The van der Waals surface area contributed by atoms with Gasteiger partial charge in [-0.2, -0.15) is 5.26 Å². The van der Waals surface area contributed by atoms with Crippen LogP contribution < -0.4 is 5.32 Å². The number of rotatable bonds is 6. The lowest BCUT2D eigenvalue weighted by atomic mass is 10.1. The molecule has 0 spiro atoms. The van der Waals surface area contributed by atoms with Gasteiger partial charge in [0.05, 0.1) is 23.8 Å². The van der Waals surface area contributed by atoms with Crippen molar-refractivity contribution in [3.05, 3.63) is 59.9 Å². The van der Waals surface area contributed by atoms with Gasteiger partial charge in [0.1, 0.15) is 5.82 Å². The predicted octanol–water partition coefficient (Wildman–Crippen LogP) is 3.41. The average Bonchev–Trinajstić information content (AvgIpc) is 3.11. The normalized spacial score (nSPS) is 10.3. The Morgan fingerprint density at radius 3 is 2.73 bits per heavy atom. The van der Waals surface area contributed by atoms with Gasteiger partial charge in [-0.25, -0.2) is 9.37 Å². The van der Waals surface area contributed by atoms with Gasteiger partial charge in [-0.1, -0.05) is 36.0 Å². The fraction of sp³-hybridized carbons (Fsp3) is 0.111. The van der Waals surface area contributed by atoms with Gasteiger partial charge >= 0.3 is 0 Å². The predicted molar refractivity (Wildman–Crippen MR) is 96.9 cm³/mol. The van der Waals surface area contributed by atoms with Gasteiger partial charge in [0.25, 0.3) is 0 Å². The van der Waals surface area contributed by atoms with E-state index in [9.17, 15) is 9.18 Å². The smallest absolute Gasteiger partial charge is 0.234 e. The zero-order valence-electron chi connectivity index (χ0n) is 13.6. The van der Waals surface area contributed by atoms with E-state index in [1.54, 1.807) is 42.5 Å². The van der Waals surface area contributed by atoms with Gasteiger partial charge in [-0.05, 0) is 29.8 Å². The molecule has 0 saturated carbocycles. The van der Waals surface area contributed by atoms with E-state index in [1.165, 1.54) is 6.07 Å². The number of hydrogen-bond acceptors (Lipinski definition) is 5. The summed E-state index contributed by atoms with van der Waals surface area (Å²) in [4.78, 5) is 16.2. The third kappa shape index (κ3) is 4.46. The highest BCUT2D eigenvalue weighted by atomic mass is 32.2. The van der Waals surface area contributed by atoms with Crippen LogP contribution in [0.4, 0.5) is 10.1 Å². The van der Waals surface area contributed by atoms with Crippen LogP contribution in [0.15, 0.2) is 53.7 Å². The summed E-state index contributed by atoms with van der Waals surface area (Å²) in [6.45, 7) is 0. The van der Waals surface area contributed by atoms with Crippen molar-refractivity contribution < 1.29 is 9.18 Å². The molecular weight excluding hydrogens is 353 g/mol. The van der Waals surface area contributed by atoms with Crippen LogP contribution in [-0.2, 0) is 11.2 Å². The number of aromatic nitrogens is 3. The van der Waals surface area contributed by atoms with Crippen LogP contribution in [0.3, 0.4) is 0 Å². The summed E-state index contributed by atoms with van der Waals surface area (Å²) in [6, 6.07) is 15.4. The topological polar surface area (TPSA) is 94.5 Å². The summed E-state index contributed by atoms with van der Waals surface area (Å²) < 4.78 is 13.7. The third-order valence-corrected chi connectivity index (χ3v) is 4.29. The van der Waals surface area contributed by atoms with E-state index in [-0.39, 0.29) is 11.7 Å². The molecule has 0 radical (unpaired) electrons. The standard InChI is InChI=1S/C18H14FN5OS/c19-15-4-2-1-3-14(15)17-22-18(24-23-17)26-11-16(25)21-13-7-5-12(6-8-13)9-10-20/h1-8H,9,11H2,(H,21,25)(H,22,23,24). The van der Waals surface area contributed by atoms with Crippen LogP contribution in [0, 0.1) is 17.1 Å². The minimum Gasteiger partial charge on any atom is -0.325 e. The Labute approximate surface area is 153 Å². The molecule has 8 heteroatoms. The number of anilines is 1. The molecule has 0 atom stereocenters. The number of aromatic amines is 1. The van der Waals surface area contributed by atoms with E-state index in [2.05, 4.69) is 26.6 Å². The number of halogens is 1. The lowest BCUT2D eigenvalue weighted by Gasteiger charge is -2.04. The molecule has 0 saturated heterocycles. The van der Waals surface area contributed by atoms with Crippen molar-refractivity contribution in [2.24, 2.45) is 0 Å². The van der Waals surface area contributed by atoms with Gasteiger partial charge in [-0.15, -0.1) is 5.10 Å². The molecule has 3 aromatic rings. The molecule has 1 amide bonds. The van der Waals surface area contributed by atoms with Gasteiger partial charge in [0.2, 0.25) is 11.1 Å². The van der Waals surface area contributed by atoms with E-state index in [0.717, 1.165) is 17.3 Å². The first-order chi connectivity index (χ1) is 12.7. The zero-order valence-corrected chi connectivity index (χ0v) is 14.4. The maximum absolute atomic E-state index is 13.7. The molecule has 0 aliphatic carbocycles. The summed E-state index contributed by atoms with van der Waals surface area (Å²) in [5.41, 5.74) is 1.87. The summed E-state index contributed by atoms with van der Waals surface area (Å²) in [5.74, 6) is -0.161. The number of carbonyl (C=O) groups is 1. The number of benzene rings is 2. The van der Waals surface area contributed by atoms with Crippen LogP contribution in [0.2, 0.25) is 0 Å². The molecule has 1 heterocycles. The van der Waals surface area contributed by atoms with E-state index in [0.29, 0.717) is 28.7 Å². The Morgan fingerprint density at radius 2 is 2.00 bits per heavy atom. The van der Waals surface area contributed by atoms with E-state index in [4.69, 9.17) is 5.26 Å². The van der Waals surface area contributed by atoms with Crippen LogP contribution in [-0.4, -0.2) is 26.8 Å². The minimum atomic E-state index is -0.391. The van der Waals surface area contributed by atoms with Crippen molar-refractivity contribution in [2.45, 2.75) is 11.6 Å². The number of nitrogens with zero attached hydrogens (tertiary/aromatic N) is 3. The first kappa shape index (κ1) is 17.6. The van der Waals surface area contributed by atoms with Gasteiger partial charge < -0.3 is 5.32 Å². The summed E-state index contributed by atoms with van der Waals surface area (Å²) in [5, 5.41) is 18.4. The Balaban J connectivity index is 1.55. The summed E-state index contributed by atoms with van der Waals surface area (Å²) in [6.07, 6.45) is 0.333. The molecule has 2 aromatic carbocycles. The second-order valence-corrected chi connectivity index (χ2v) is 6.26. The second kappa shape index (κ2) is 8.27. The Morgan fingerprint density at radius 1 is 1.23 bits per heavy atom. The van der Waals surface area contributed by atoms with Gasteiger partial charge in [-0.3, -0.25) is 9.89 Å². The molecule has 0 bridgehead atoms. The third-order valence-electron chi connectivity index (χ3n) is 3.45. The molecular formula is C18H14FN5OS. The minimum absolute atomic E-state index is 0.120. The van der Waals surface area contributed by atoms with Crippen molar-refractivity contribution in [1.29, 1.82) is 5.26 Å². The Bertz CT molecular complexity index is 949. The highest BCUT2D eigenvalue weighted by Gasteiger charge is 2.11. The maximum Gasteiger partial charge on any atom is 0.234 e. The van der Waals surface area contributed by atoms with Crippen molar-refractivity contribution in [2.75, 3.05) is 11.1 Å². The molecule has 26 heavy (non-hydrogen) atoms. The van der Waals surface area contributed by atoms with E-state index in [1.807, 2.05) is 0 Å². The largest absolute Gasteiger partial charge is 0.325 e. The van der Waals surface area contributed by atoms with E-state index < -0.39 is 5.82 Å². The maximum atomic E-state index is 13.7. The number of hydrogen-bond donors (Lipinski definition) is 2. The van der Waals surface area contributed by atoms with Crippen molar-refractivity contribution in [1.82, 2.24) is 15.2 Å². The quantitative estimate of drug-likeness (QED) is 0.651. The molecule has 0 aliphatic rings. The highest BCUT2D eigenvalue weighted by molar-refractivity contribution is 7.99. The molecule has 2 N–H and O–H groups in total. The molecule has 0 aliphatic heterocycles.